The lowest BCUT2D eigenvalue weighted by Gasteiger charge is -2.19. The number of amides is 1. The average Bonchev–Trinajstić information content (AvgIpc) is 3.17. The molecule has 2 N–H and O–H groups in total. The van der Waals surface area contributed by atoms with Gasteiger partial charge in [0, 0.05) is 11.6 Å². The molecule has 0 heterocycles. The zero-order valence-electron chi connectivity index (χ0n) is 21.9. The van der Waals surface area contributed by atoms with Crippen LogP contribution in [0.1, 0.15) is 59.3 Å². The van der Waals surface area contributed by atoms with Crippen LogP contribution in [0.2, 0.25) is 0 Å². The van der Waals surface area contributed by atoms with E-state index >= 15 is 0 Å². The van der Waals surface area contributed by atoms with Gasteiger partial charge in [0.25, 0.3) is 0 Å². The van der Waals surface area contributed by atoms with E-state index in [1.54, 1.807) is 33.8 Å². The number of carboxylic acid groups (broad SMARTS) is 1. The van der Waals surface area contributed by atoms with Gasteiger partial charge in [-0.25, -0.2) is 14.4 Å². The first-order valence-corrected chi connectivity index (χ1v) is 12.3. The SMILES string of the molecule is Cc1c(COCC(=O)OC(C)(C)C)cc(NC(=O)OCC2c3ccccc3-c3ccccc32)cc1C(=O)O. The minimum absolute atomic E-state index is 0.0114. The highest BCUT2D eigenvalue weighted by Gasteiger charge is 2.29. The maximum atomic E-state index is 12.7. The van der Waals surface area contributed by atoms with Crippen molar-refractivity contribution < 1.29 is 33.7 Å². The number of carbonyl (C=O) groups excluding carboxylic acids is 2. The monoisotopic (exact) mass is 517 g/mol. The van der Waals surface area contributed by atoms with Gasteiger partial charge in [-0.2, -0.15) is 0 Å². The van der Waals surface area contributed by atoms with Crippen molar-refractivity contribution in [1.82, 2.24) is 0 Å². The predicted molar refractivity (Wildman–Crippen MR) is 142 cm³/mol. The van der Waals surface area contributed by atoms with Gasteiger partial charge < -0.3 is 19.3 Å². The standard InChI is InChI=1S/C30H31NO7/c1-18-19(15-36-17-27(32)38-30(2,3)4)13-20(14-25(18)28(33)34)31-29(35)37-16-26-23-11-7-5-9-21(23)22-10-6-8-12-24(22)26/h5-14,26H,15-17H2,1-4H3,(H,31,35)(H,33,34). The van der Waals surface area contributed by atoms with Gasteiger partial charge in [-0.15, -0.1) is 0 Å². The molecule has 0 saturated heterocycles. The summed E-state index contributed by atoms with van der Waals surface area (Å²) in [6, 6.07) is 19.0. The summed E-state index contributed by atoms with van der Waals surface area (Å²) in [7, 11) is 0. The second-order valence-corrected chi connectivity index (χ2v) is 10.1. The van der Waals surface area contributed by atoms with Crippen molar-refractivity contribution in [1.29, 1.82) is 0 Å². The second kappa shape index (κ2) is 11.1. The Morgan fingerprint density at radius 3 is 2.13 bits per heavy atom. The van der Waals surface area contributed by atoms with E-state index in [9.17, 15) is 19.5 Å². The molecule has 0 radical (unpaired) electrons. The van der Waals surface area contributed by atoms with E-state index in [4.69, 9.17) is 14.2 Å². The highest BCUT2D eigenvalue weighted by Crippen LogP contribution is 2.44. The summed E-state index contributed by atoms with van der Waals surface area (Å²) in [5, 5.41) is 12.3. The minimum atomic E-state index is -1.15. The number of esters is 1. The van der Waals surface area contributed by atoms with Crippen LogP contribution in [0.15, 0.2) is 60.7 Å². The summed E-state index contributed by atoms with van der Waals surface area (Å²) in [6.07, 6.45) is -0.701. The predicted octanol–water partition coefficient (Wildman–Crippen LogP) is 5.91. The number of carbonyl (C=O) groups is 3. The average molecular weight is 518 g/mol. The summed E-state index contributed by atoms with van der Waals surface area (Å²) in [6.45, 7) is 6.72. The molecule has 0 aromatic heterocycles. The maximum absolute atomic E-state index is 12.7. The van der Waals surface area contributed by atoms with Crippen molar-refractivity contribution in [2.75, 3.05) is 18.5 Å². The van der Waals surface area contributed by atoms with Crippen LogP contribution in [0.4, 0.5) is 10.5 Å². The van der Waals surface area contributed by atoms with E-state index in [1.807, 2.05) is 36.4 Å². The molecular weight excluding hydrogens is 486 g/mol. The maximum Gasteiger partial charge on any atom is 0.411 e. The Morgan fingerprint density at radius 2 is 1.55 bits per heavy atom. The third-order valence-electron chi connectivity index (χ3n) is 6.23. The smallest absolute Gasteiger partial charge is 0.411 e. The largest absolute Gasteiger partial charge is 0.478 e. The van der Waals surface area contributed by atoms with Crippen molar-refractivity contribution in [3.05, 3.63) is 88.5 Å². The number of fused-ring (bicyclic) bond motifs is 3. The number of rotatable bonds is 8. The normalized spacial score (nSPS) is 12.4. The Labute approximate surface area is 221 Å². The molecule has 1 aliphatic rings. The fourth-order valence-corrected chi connectivity index (χ4v) is 4.59. The molecule has 3 aromatic carbocycles. The van der Waals surface area contributed by atoms with Crippen molar-refractivity contribution in [3.8, 4) is 11.1 Å². The number of hydrogen-bond donors (Lipinski definition) is 2. The van der Waals surface area contributed by atoms with Gasteiger partial charge in [-0.05, 0) is 73.2 Å². The summed E-state index contributed by atoms with van der Waals surface area (Å²) < 4.78 is 16.3. The number of anilines is 1. The summed E-state index contributed by atoms with van der Waals surface area (Å²) >= 11 is 0. The molecule has 8 heteroatoms. The summed E-state index contributed by atoms with van der Waals surface area (Å²) in [5.74, 6) is -1.77. The van der Waals surface area contributed by atoms with E-state index in [0.717, 1.165) is 22.3 Å². The minimum Gasteiger partial charge on any atom is -0.478 e. The first-order valence-electron chi connectivity index (χ1n) is 12.3. The molecule has 4 rings (SSSR count). The number of nitrogens with one attached hydrogen (secondary N) is 1. The Hall–Kier alpha value is -4.17. The van der Waals surface area contributed by atoms with Gasteiger partial charge in [-0.3, -0.25) is 5.32 Å². The molecule has 0 atom stereocenters. The number of hydrogen-bond acceptors (Lipinski definition) is 6. The lowest BCUT2D eigenvalue weighted by molar-refractivity contribution is -0.160. The molecule has 1 aliphatic carbocycles. The van der Waals surface area contributed by atoms with Gasteiger partial charge in [0.05, 0.1) is 12.2 Å². The van der Waals surface area contributed by atoms with Crippen molar-refractivity contribution in [3.63, 3.8) is 0 Å². The molecule has 38 heavy (non-hydrogen) atoms. The van der Waals surface area contributed by atoms with E-state index < -0.39 is 23.6 Å². The third-order valence-corrected chi connectivity index (χ3v) is 6.23. The highest BCUT2D eigenvalue weighted by atomic mass is 16.6. The zero-order chi connectivity index (χ0) is 27.4. The Kier molecular flexibility index (Phi) is 7.83. The Morgan fingerprint density at radius 1 is 0.947 bits per heavy atom. The highest BCUT2D eigenvalue weighted by molar-refractivity contribution is 5.93. The number of carboxylic acids is 1. The van der Waals surface area contributed by atoms with Crippen LogP contribution in [-0.4, -0.2) is 42.0 Å². The first kappa shape index (κ1) is 26.9. The van der Waals surface area contributed by atoms with Gasteiger partial charge in [0.2, 0.25) is 0 Å². The lowest BCUT2D eigenvalue weighted by atomic mass is 9.98. The van der Waals surface area contributed by atoms with E-state index in [-0.39, 0.29) is 37.0 Å². The van der Waals surface area contributed by atoms with E-state index in [0.29, 0.717) is 11.1 Å². The summed E-state index contributed by atoms with van der Waals surface area (Å²) in [4.78, 5) is 36.5. The molecule has 0 saturated carbocycles. The third kappa shape index (κ3) is 6.20. The molecule has 0 bridgehead atoms. The first-order chi connectivity index (χ1) is 18.0. The van der Waals surface area contributed by atoms with E-state index in [1.165, 1.54) is 6.07 Å². The van der Waals surface area contributed by atoms with E-state index in [2.05, 4.69) is 17.4 Å². The van der Waals surface area contributed by atoms with Gasteiger partial charge in [0.1, 0.15) is 18.8 Å². The van der Waals surface area contributed by atoms with Crippen LogP contribution in [0, 0.1) is 6.92 Å². The molecule has 0 aliphatic heterocycles. The van der Waals surface area contributed by atoms with Crippen LogP contribution in [0.5, 0.6) is 0 Å². The van der Waals surface area contributed by atoms with Crippen molar-refractivity contribution in [2.45, 2.75) is 45.8 Å². The molecule has 8 nitrogen and oxygen atoms in total. The van der Waals surface area contributed by atoms with Crippen LogP contribution in [-0.2, 0) is 25.6 Å². The second-order valence-electron chi connectivity index (χ2n) is 10.1. The number of ether oxygens (including phenoxy) is 3. The van der Waals surface area contributed by atoms with Crippen molar-refractivity contribution >= 4 is 23.7 Å². The van der Waals surface area contributed by atoms with Gasteiger partial charge >= 0.3 is 18.0 Å². The molecule has 0 spiro atoms. The molecule has 0 unspecified atom stereocenters. The van der Waals surface area contributed by atoms with Gasteiger partial charge in [0.15, 0.2) is 0 Å². The topological polar surface area (TPSA) is 111 Å². The Bertz CT molecular complexity index is 1330. The molecule has 0 fully saturated rings. The quantitative estimate of drug-likeness (QED) is 0.357. The van der Waals surface area contributed by atoms with Crippen molar-refractivity contribution in [2.24, 2.45) is 0 Å². The fraction of sp³-hybridized carbons (Fsp3) is 0.300. The number of aromatic carboxylic acids is 1. The van der Waals surface area contributed by atoms with Crippen LogP contribution >= 0.6 is 0 Å². The molecule has 3 aromatic rings. The number of benzene rings is 3. The van der Waals surface area contributed by atoms with Crippen LogP contribution in [0.25, 0.3) is 11.1 Å². The molecular formula is C30H31NO7. The molecule has 1 amide bonds. The fourth-order valence-electron chi connectivity index (χ4n) is 4.59. The van der Waals surface area contributed by atoms with Gasteiger partial charge in [-0.1, -0.05) is 48.5 Å². The summed E-state index contributed by atoms with van der Waals surface area (Å²) in [5.41, 5.74) is 5.04. The Balaban J connectivity index is 1.43. The molecule has 198 valence electrons. The zero-order valence-corrected chi connectivity index (χ0v) is 21.9. The lowest BCUT2D eigenvalue weighted by Crippen LogP contribution is -2.26. The van der Waals surface area contributed by atoms with Crippen LogP contribution < -0.4 is 5.32 Å². The van der Waals surface area contributed by atoms with Crippen LogP contribution in [0.3, 0.4) is 0 Å².